The number of ketones is 1. The van der Waals surface area contributed by atoms with Crippen LogP contribution in [0.3, 0.4) is 0 Å². The Kier molecular flexibility index (Phi) is 5.67. The number of nitrogens with zero attached hydrogens (tertiary/aromatic N) is 2. The van der Waals surface area contributed by atoms with E-state index in [0.717, 1.165) is 23.1 Å². The van der Waals surface area contributed by atoms with Crippen LogP contribution in [0.2, 0.25) is 0 Å². The molecule has 2 heterocycles. The highest BCUT2D eigenvalue weighted by Gasteiger charge is 2.46. The number of aliphatic hydroxyl groups excluding tert-OH is 1. The Labute approximate surface area is 181 Å². The second-order valence-corrected chi connectivity index (χ2v) is 7.66. The number of benzene rings is 2. The molecule has 2 aromatic carbocycles. The van der Waals surface area contributed by atoms with E-state index >= 15 is 0 Å². The molecule has 1 aliphatic rings. The van der Waals surface area contributed by atoms with Crippen LogP contribution in [-0.2, 0) is 22.6 Å². The highest BCUT2D eigenvalue weighted by atomic mass is 16.3. The summed E-state index contributed by atoms with van der Waals surface area (Å²) >= 11 is 0. The SMILES string of the molecule is CCc1ccc(/C(O)=C2\C(=O)C(=O)N(Cc3ccccn3)C2c2ccccc2C)cc1. The fourth-order valence-corrected chi connectivity index (χ4v) is 3.98. The lowest BCUT2D eigenvalue weighted by atomic mass is 9.92. The molecule has 0 aliphatic carbocycles. The van der Waals surface area contributed by atoms with Gasteiger partial charge in [-0.15, -0.1) is 0 Å². The molecule has 4 rings (SSSR count). The van der Waals surface area contributed by atoms with Crippen LogP contribution < -0.4 is 0 Å². The first kappa shape index (κ1) is 20.5. The molecule has 0 spiro atoms. The van der Waals surface area contributed by atoms with E-state index in [2.05, 4.69) is 11.9 Å². The molecule has 0 saturated carbocycles. The minimum absolute atomic E-state index is 0.111. The van der Waals surface area contributed by atoms with Crippen LogP contribution in [0.5, 0.6) is 0 Å². The summed E-state index contributed by atoms with van der Waals surface area (Å²) in [4.78, 5) is 32.0. The maximum absolute atomic E-state index is 13.1. The van der Waals surface area contributed by atoms with Crippen LogP contribution in [0.1, 0.15) is 40.9 Å². The predicted molar refractivity (Wildman–Crippen MR) is 119 cm³/mol. The Bertz CT molecular complexity index is 1150. The van der Waals surface area contributed by atoms with Crippen molar-refractivity contribution >= 4 is 17.4 Å². The van der Waals surface area contributed by atoms with Crippen molar-refractivity contribution in [3.8, 4) is 0 Å². The van der Waals surface area contributed by atoms with E-state index in [9.17, 15) is 14.7 Å². The largest absolute Gasteiger partial charge is 0.507 e. The fourth-order valence-electron chi connectivity index (χ4n) is 3.98. The van der Waals surface area contributed by atoms with Gasteiger partial charge in [0.2, 0.25) is 0 Å². The van der Waals surface area contributed by atoms with Gasteiger partial charge >= 0.3 is 0 Å². The smallest absolute Gasteiger partial charge is 0.296 e. The average Bonchev–Trinajstić information content (AvgIpc) is 3.04. The third-order valence-electron chi connectivity index (χ3n) is 5.72. The maximum atomic E-state index is 13.1. The monoisotopic (exact) mass is 412 g/mol. The van der Waals surface area contributed by atoms with E-state index in [4.69, 9.17) is 0 Å². The zero-order valence-corrected chi connectivity index (χ0v) is 17.6. The molecule has 31 heavy (non-hydrogen) atoms. The number of aryl methyl sites for hydroxylation is 2. The first-order chi connectivity index (χ1) is 15.0. The van der Waals surface area contributed by atoms with E-state index in [0.29, 0.717) is 11.3 Å². The minimum atomic E-state index is -0.686. The summed E-state index contributed by atoms with van der Waals surface area (Å²) in [7, 11) is 0. The molecule has 1 fully saturated rings. The second-order valence-electron chi connectivity index (χ2n) is 7.66. The van der Waals surface area contributed by atoms with Crippen LogP contribution in [0.4, 0.5) is 0 Å². The number of carbonyl (C=O) groups excluding carboxylic acids is 2. The average molecular weight is 412 g/mol. The van der Waals surface area contributed by atoms with Crippen molar-refractivity contribution < 1.29 is 14.7 Å². The number of hydrogen-bond acceptors (Lipinski definition) is 4. The summed E-state index contributed by atoms with van der Waals surface area (Å²) in [6, 6.07) is 19.8. The van der Waals surface area contributed by atoms with Crippen molar-refractivity contribution in [2.75, 3.05) is 0 Å². The number of amides is 1. The zero-order chi connectivity index (χ0) is 22.0. The molecule has 1 amide bonds. The molecular weight excluding hydrogens is 388 g/mol. The Morgan fingerprint density at radius 2 is 1.71 bits per heavy atom. The van der Waals surface area contributed by atoms with Crippen LogP contribution >= 0.6 is 0 Å². The highest BCUT2D eigenvalue weighted by molar-refractivity contribution is 6.46. The Morgan fingerprint density at radius 3 is 2.35 bits per heavy atom. The van der Waals surface area contributed by atoms with Crippen molar-refractivity contribution in [2.45, 2.75) is 32.9 Å². The Balaban J connectivity index is 1.86. The summed E-state index contributed by atoms with van der Waals surface area (Å²) in [5.41, 5.74) is 4.18. The maximum Gasteiger partial charge on any atom is 0.296 e. The number of carbonyl (C=O) groups is 2. The summed E-state index contributed by atoms with van der Waals surface area (Å²) in [6.45, 7) is 4.17. The van der Waals surface area contributed by atoms with Gasteiger partial charge in [0.25, 0.3) is 11.7 Å². The number of likely N-dealkylation sites (tertiary alicyclic amines) is 1. The minimum Gasteiger partial charge on any atom is -0.507 e. The highest BCUT2D eigenvalue weighted by Crippen LogP contribution is 2.41. The second kappa shape index (κ2) is 8.56. The Hall–Kier alpha value is -3.73. The molecule has 3 aromatic rings. The van der Waals surface area contributed by atoms with Crippen LogP contribution in [-0.4, -0.2) is 26.7 Å². The quantitative estimate of drug-likeness (QED) is 0.378. The molecule has 156 valence electrons. The van der Waals surface area contributed by atoms with Crippen molar-refractivity contribution in [2.24, 2.45) is 0 Å². The normalized spacial score (nSPS) is 17.9. The van der Waals surface area contributed by atoms with Gasteiger partial charge in [0.15, 0.2) is 0 Å². The standard InChI is InChI=1S/C26H24N2O3/c1-3-18-11-13-19(14-12-18)24(29)22-23(21-10-5-4-8-17(21)2)28(26(31)25(22)30)16-20-9-6-7-15-27-20/h4-15,23,29H,3,16H2,1-2H3/b24-22+. The number of hydrogen-bond donors (Lipinski definition) is 1. The summed E-state index contributed by atoms with van der Waals surface area (Å²) < 4.78 is 0. The van der Waals surface area contributed by atoms with E-state index in [1.165, 1.54) is 4.90 Å². The summed E-state index contributed by atoms with van der Waals surface area (Å²) in [5.74, 6) is -1.47. The van der Waals surface area contributed by atoms with Gasteiger partial charge in [0.1, 0.15) is 5.76 Å². The summed E-state index contributed by atoms with van der Waals surface area (Å²) in [5, 5.41) is 11.1. The lowest BCUT2D eigenvalue weighted by Crippen LogP contribution is -2.29. The van der Waals surface area contributed by atoms with Gasteiger partial charge in [-0.05, 0) is 42.2 Å². The third kappa shape index (κ3) is 3.87. The van der Waals surface area contributed by atoms with Crippen molar-refractivity contribution in [1.82, 2.24) is 9.88 Å². The fraction of sp³-hybridized carbons (Fsp3) is 0.192. The van der Waals surface area contributed by atoms with E-state index in [1.54, 1.807) is 24.4 Å². The van der Waals surface area contributed by atoms with E-state index in [-0.39, 0.29) is 17.9 Å². The van der Waals surface area contributed by atoms with Gasteiger partial charge in [-0.2, -0.15) is 0 Å². The van der Waals surface area contributed by atoms with Crippen molar-refractivity contribution in [3.63, 3.8) is 0 Å². The molecule has 5 heteroatoms. The number of aromatic nitrogens is 1. The van der Waals surface area contributed by atoms with Gasteiger partial charge in [0, 0.05) is 11.8 Å². The van der Waals surface area contributed by atoms with Gasteiger partial charge in [-0.1, -0.05) is 61.5 Å². The molecule has 1 atom stereocenters. The van der Waals surface area contributed by atoms with Gasteiger partial charge in [-0.3, -0.25) is 14.6 Å². The number of rotatable bonds is 5. The van der Waals surface area contributed by atoms with Crippen LogP contribution in [0.15, 0.2) is 78.5 Å². The molecule has 1 unspecified atom stereocenters. The molecule has 0 bridgehead atoms. The van der Waals surface area contributed by atoms with Crippen LogP contribution in [0, 0.1) is 6.92 Å². The molecule has 0 radical (unpaired) electrons. The summed E-state index contributed by atoms with van der Waals surface area (Å²) in [6.07, 6.45) is 2.53. The molecule has 1 saturated heterocycles. The topological polar surface area (TPSA) is 70.5 Å². The predicted octanol–water partition coefficient (Wildman–Crippen LogP) is 4.57. The third-order valence-corrected chi connectivity index (χ3v) is 5.72. The van der Waals surface area contributed by atoms with Crippen molar-refractivity contribution in [1.29, 1.82) is 0 Å². The first-order valence-electron chi connectivity index (χ1n) is 10.3. The number of pyridine rings is 1. The van der Waals surface area contributed by atoms with Gasteiger partial charge in [0.05, 0.1) is 23.9 Å². The lowest BCUT2D eigenvalue weighted by molar-refractivity contribution is -0.140. The number of aliphatic hydroxyl groups is 1. The Morgan fingerprint density at radius 1 is 1.00 bits per heavy atom. The molecule has 1 aromatic heterocycles. The molecule has 1 N–H and O–H groups in total. The zero-order valence-electron chi connectivity index (χ0n) is 17.6. The van der Waals surface area contributed by atoms with Gasteiger partial charge < -0.3 is 10.0 Å². The number of Topliss-reactive ketones (excluding diaryl/α,β-unsaturated/α-hetero) is 1. The first-order valence-corrected chi connectivity index (χ1v) is 10.3. The van der Waals surface area contributed by atoms with Crippen LogP contribution in [0.25, 0.3) is 5.76 Å². The molecule has 1 aliphatic heterocycles. The van der Waals surface area contributed by atoms with E-state index < -0.39 is 17.7 Å². The molecule has 5 nitrogen and oxygen atoms in total. The van der Waals surface area contributed by atoms with Gasteiger partial charge in [-0.25, -0.2) is 0 Å². The van der Waals surface area contributed by atoms with Crippen molar-refractivity contribution in [3.05, 3.63) is 106 Å². The lowest BCUT2D eigenvalue weighted by Gasteiger charge is -2.26. The van der Waals surface area contributed by atoms with E-state index in [1.807, 2.05) is 55.5 Å². The molecular formula is C26H24N2O3.